The summed E-state index contributed by atoms with van der Waals surface area (Å²) >= 11 is 0. The molecule has 3 atom stereocenters. The molecule has 7 heteroatoms. The van der Waals surface area contributed by atoms with Crippen molar-refractivity contribution in [1.29, 1.82) is 0 Å². The Hall–Kier alpha value is -1.63. The third-order valence-corrected chi connectivity index (χ3v) is 2.95. The number of hydrogen-bond donors (Lipinski definition) is 1. The number of carbonyl (C=O) groups is 3. The SMILES string of the molecule is CC(=O)OCC1CN(C(C)=O)CC(O)C1OC(C)=O. The molecule has 0 saturated carbocycles. The zero-order valence-electron chi connectivity index (χ0n) is 11.3. The summed E-state index contributed by atoms with van der Waals surface area (Å²) in [6, 6.07) is 0. The van der Waals surface area contributed by atoms with Gasteiger partial charge in [-0.3, -0.25) is 14.4 Å². The smallest absolute Gasteiger partial charge is 0.303 e. The molecule has 0 aromatic heterocycles. The number of ether oxygens (including phenoxy) is 2. The van der Waals surface area contributed by atoms with E-state index in [1.807, 2.05) is 0 Å². The lowest BCUT2D eigenvalue weighted by molar-refractivity contribution is -0.171. The first kappa shape index (κ1) is 15.4. The van der Waals surface area contributed by atoms with Crippen molar-refractivity contribution < 1.29 is 29.0 Å². The molecule has 1 heterocycles. The summed E-state index contributed by atoms with van der Waals surface area (Å²) in [5.41, 5.74) is 0. The van der Waals surface area contributed by atoms with Crippen LogP contribution in [0, 0.1) is 5.92 Å². The van der Waals surface area contributed by atoms with Gasteiger partial charge >= 0.3 is 11.9 Å². The van der Waals surface area contributed by atoms with Crippen LogP contribution in [0.15, 0.2) is 0 Å². The van der Waals surface area contributed by atoms with Gasteiger partial charge in [-0.25, -0.2) is 0 Å². The van der Waals surface area contributed by atoms with Gasteiger partial charge in [-0.1, -0.05) is 0 Å². The Bertz CT molecular complexity index is 369. The van der Waals surface area contributed by atoms with E-state index in [9.17, 15) is 19.5 Å². The maximum Gasteiger partial charge on any atom is 0.303 e. The van der Waals surface area contributed by atoms with Crippen LogP contribution >= 0.6 is 0 Å². The van der Waals surface area contributed by atoms with Crippen LogP contribution in [0.5, 0.6) is 0 Å². The molecular weight excluding hydrogens is 254 g/mol. The summed E-state index contributed by atoms with van der Waals surface area (Å²) in [6.07, 6.45) is -1.76. The van der Waals surface area contributed by atoms with Crippen molar-refractivity contribution in [3.05, 3.63) is 0 Å². The maximum absolute atomic E-state index is 11.4. The van der Waals surface area contributed by atoms with Crippen LogP contribution in [0.25, 0.3) is 0 Å². The highest BCUT2D eigenvalue weighted by Crippen LogP contribution is 2.22. The fourth-order valence-corrected chi connectivity index (χ4v) is 2.10. The summed E-state index contributed by atoms with van der Waals surface area (Å²) in [6.45, 7) is 4.27. The highest BCUT2D eigenvalue weighted by Gasteiger charge is 2.39. The van der Waals surface area contributed by atoms with Crippen molar-refractivity contribution in [2.75, 3.05) is 19.7 Å². The highest BCUT2D eigenvalue weighted by molar-refractivity contribution is 5.73. The van der Waals surface area contributed by atoms with E-state index in [4.69, 9.17) is 9.47 Å². The van der Waals surface area contributed by atoms with Crippen molar-refractivity contribution >= 4 is 17.8 Å². The fourth-order valence-electron chi connectivity index (χ4n) is 2.10. The highest BCUT2D eigenvalue weighted by atomic mass is 16.6. The van der Waals surface area contributed by atoms with Gasteiger partial charge in [-0.2, -0.15) is 0 Å². The summed E-state index contributed by atoms with van der Waals surface area (Å²) < 4.78 is 9.95. The molecule has 0 aliphatic carbocycles. The van der Waals surface area contributed by atoms with Gasteiger partial charge in [0.15, 0.2) is 0 Å². The fraction of sp³-hybridized carbons (Fsp3) is 0.750. The number of piperidine rings is 1. The molecule has 3 unspecified atom stereocenters. The molecule has 0 radical (unpaired) electrons. The topological polar surface area (TPSA) is 93.1 Å². The molecule has 108 valence electrons. The number of aliphatic hydroxyl groups excluding tert-OH is 1. The first-order chi connectivity index (χ1) is 8.81. The molecule has 1 fully saturated rings. The largest absolute Gasteiger partial charge is 0.465 e. The molecule has 0 aromatic rings. The first-order valence-electron chi connectivity index (χ1n) is 6.05. The molecule has 1 amide bonds. The molecule has 7 nitrogen and oxygen atoms in total. The average molecular weight is 273 g/mol. The average Bonchev–Trinajstić information content (AvgIpc) is 2.28. The van der Waals surface area contributed by atoms with Crippen LogP contribution < -0.4 is 0 Å². The Kier molecular flexibility index (Phi) is 5.29. The lowest BCUT2D eigenvalue weighted by Crippen LogP contribution is -2.56. The molecule has 19 heavy (non-hydrogen) atoms. The van der Waals surface area contributed by atoms with E-state index >= 15 is 0 Å². The Balaban J connectivity index is 2.77. The predicted octanol–water partition coefficient (Wildman–Crippen LogP) is -0.680. The Morgan fingerprint density at radius 3 is 2.26 bits per heavy atom. The number of esters is 2. The second-order valence-corrected chi connectivity index (χ2v) is 4.63. The van der Waals surface area contributed by atoms with E-state index in [1.165, 1.54) is 25.7 Å². The number of hydrogen-bond acceptors (Lipinski definition) is 6. The number of β-amino-alcohol motifs (C(OH)–C–C–N with tert-alkyl or cyclic N) is 1. The Morgan fingerprint density at radius 1 is 1.16 bits per heavy atom. The Morgan fingerprint density at radius 2 is 1.79 bits per heavy atom. The minimum atomic E-state index is -0.984. The molecule has 0 spiro atoms. The summed E-state index contributed by atoms with van der Waals surface area (Å²) in [5, 5.41) is 9.96. The third-order valence-electron chi connectivity index (χ3n) is 2.95. The van der Waals surface area contributed by atoms with Crippen LogP contribution in [-0.4, -0.2) is 59.8 Å². The van der Waals surface area contributed by atoms with E-state index in [1.54, 1.807) is 0 Å². The van der Waals surface area contributed by atoms with E-state index in [0.29, 0.717) is 0 Å². The zero-order chi connectivity index (χ0) is 14.6. The van der Waals surface area contributed by atoms with Crippen LogP contribution in [0.1, 0.15) is 20.8 Å². The van der Waals surface area contributed by atoms with E-state index in [-0.39, 0.29) is 25.6 Å². The second kappa shape index (κ2) is 6.51. The van der Waals surface area contributed by atoms with Crippen molar-refractivity contribution in [2.45, 2.75) is 33.0 Å². The summed E-state index contributed by atoms with van der Waals surface area (Å²) in [7, 11) is 0. The number of likely N-dealkylation sites (tertiary alicyclic amines) is 1. The molecular formula is C12H19NO6. The van der Waals surface area contributed by atoms with Crippen LogP contribution in [0.4, 0.5) is 0 Å². The van der Waals surface area contributed by atoms with E-state index in [0.717, 1.165) is 0 Å². The quantitative estimate of drug-likeness (QED) is 0.685. The van der Waals surface area contributed by atoms with E-state index < -0.39 is 30.1 Å². The van der Waals surface area contributed by atoms with Crippen LogP contribution in [0.3, 0.4) is 0 Å². The van der Waals surface area contributed by atoms with Crippen molar-refractivity contribution in [1.82, 2.24) is 4.90 Å². The molecule has 1 aliphatic heterocycles. The summed E-state index contributed by atoms with van der Waals surface area (Å²) in [5.74, 6) is -1.60. The molecule has 1 N–H and O–H groups in total. The predicted molar refractivity (Wildman–Crippen MR) is 63.9 cm³/mol. The standard InChI is InChI=1S/C12H19NO6/c1-7(14)13-4-10(6-18-8(2)15)12(11(17)5-13)19-9(3)16/h10-12,17H,4-6H2,1-3H3. The van der Waals surface area contributed by atoms with E-state index in [2.05, 4.69) is 0 Å². The number of rotatable bonds is 3. The lowest BCUT2D eigenvalue weighted by Gasteiger charge is -2.40. The van der Waals surface area contributed by atoms with Gasteiger partial charge in [-0.05, 0) is 0 Å². The molecule has 1 aliphatic rings. The minimum Gasteiger partial charge on any atom is -0.465 e. The Labute approximate surface area is 111 Å². The zero-order valence-corrected chi connectivity index (χ0v) is 11.3. The first-order valence-corrected chi connectivity index (χ1v) is 6.05. The van der Waals surface area contributed by atoms with Crippen molar-refractivity contribution in [3.8, 4) is 0 Å². The molecule has 1 rings (SSSR count). The third kappa shape index (κ3) is 4.51. The maximum atomic E-state index is 11.4. The van der Waals surface area contributed by atoms with Crippen molar-refractivity contribution in [3.63, 3.8) is 0 Å². The number of amides is 1. The van der Waals surface area contributed by atoms with Gasteiger partial charge < -0.3 is 19.5 Å². The van der Waals surface area contributed by atoms with Gasteiger partial charge in [0.25, 0.3) is 0 Å². The van der Waals surface area contributed by atoms with Crippen LogP contribution in [0.2, 0.25) is 0 Å². The van der Waals surface area contributed by atoms with Crippen molar-refractivity contribution in [2.24, 2.45) is 5.92 Å². The monoisotopic (exact) mass is 273 g/mol. The second-order valence-electron chi connectivity index (χ2n) is 4.63. The van der Waals surface area contributed by atoms with Gasteiger partial charge in [-0.15, -0.1) is 0 Å². The van der Waals surface area contributed by atoms with Gasteiger partial charge in [0, 0.05) is 27.3 Å². The van der Waals surface area contributed by atoms with Gasteiger partial charge in [0.2, 0.25) is 5.91 Å². The normalized spacial score (nSPS) is 26.7. The molecule has 0 aromatic carbocycles. The van der Waals surface area contributed by atoms with Crippen LogP contribution in [-0.2, 0) is 23.9 Å². The minimum absolute atomic E-state index is 0.00583. The van der Waals surface area contributed by atoms with Gasteiger partial charge in [0.1, 0.15) is 12.2 Å². The molecule has 0 bridgehead atoms. The number of aliphatic hydroxyl groups is 1. The number of carbonyl (C=O) groups excluding carboxylic acids is 3. The lowest BCUT2D eigenvalue weighted by atomic mass is 9.93. The van der Waals surface area contributed by atoms with Gasteiger partial charge in [0.05, 0.1) is 19.1 Å². The summed E-state index contributed by atoms with van der Waals surface area (Å²) in [4.78, 5) is 34.7. The number of nitrogens with zero attached hydrogens (tertiary/aromatic N) is 1. The molecule has 1 saturated heterocycles.